The molecule has 3 N–H and O–H groups in total. The summed E-state index contributed by atoms with van der Waals surface area (Å²) in [5, 5.41) is 2.95. The second kappa shape index (κ2) is 8.92. The van der Waals surface area contributed by atoms with Crippen molar-refractivity contribution in [2.45, 2.75) is 12.8 Å². The summed E-state index contributed by atoms with van der Waals surface area (Å²) in [5.41, 5.74) is 9.50. The smallest absolute Gasteiger partial charge is 0.228 e. The molecule has 132 valence electrons. The largest absolute Gasteiger partial charge is 0.399 e. The number of carbonyl (C=O) groups excluding carboxylic acids is 1. The molecule has 0 bridgehead atoms. The minimum atomic E-state index is -0.0108. The Bertz CT molecular complexity index is 679. The van der Waals surface area contributed by atoms with Gasteiger partial charge < -0.3 is 16.0 Å². The minimum Gasteiger partial charge on any atom is -0.399 e. The molecule has 4 nitrogen and oxygen atoms in total. The highest BCUT2D eigenvalue weighted by atomic mass is 32.2. The van der Waals surface area contributed by atoms with Crippen molar-refractivity contribution < 1.29 is 4.79 Å². The van der Waals surface area contributed by atoms with Crippen LogP contribution in [0, 0.1) is 0 Å². The molecular formula is C20H25N3OS. The van der Waals surface area contributed by atoms with Crippen LogP contribution in [0.15, 0.2) is 48.5 Å². The molecule has 1 saturated heterocycles. The summed E-state index contributed by atoms with van der Waals surface area (Å²) in [4.78, 5) is 14.7. The molecule has 5 heteroatoms. The molecule has 1 aliphatic rings. The van der Waals surface area contributed by atoms with Crippen molar-refractivity contribution in [2.24, 2.45) is 0 Å². The van der Waals surface area contributed by atoms with Gasteiger partial charge in [-0.1, -0.05) is 24.3 Å². The van der Waals surface area contributed by atoms with Crippen LogP contribution in [0.1, 0.15) is 11.1 Å². The van der Waals surface area contributed by atoms with E-state index in [0.717, 1.165) is 24.2 Å². The topological polar surface area (TPSA) is 58.4 Å². The molecule has 0 aliphatic carbocycles. The summed E-state index contributed by atoms with van der Waals surface area (Å²) in [7, 11) is 0. The van der Waals surface area contributed by atoms with E-state index >= 15 is 0 Å². The van der Waals surface area contributed by atoms with Crippen LogP contribution in [0.3, 0.4) is 0 Å². The van der Waals surface area contributed by atoms with E-state index in [-0.39, 0.29) is 5.91 Å². The van der Waals surface area contributed by atoms with Crippen LogP contribution in [-0.4, -0.2) is 41.9 Å². The van der Waals surface area contributed by atoms with Crippen LogP contribution in [0.2, 0.25) is 0 Å². The van der Waals surface area contributed by atoms with Gasteiger partial charge in [0.2, 0.25) is 5.91 Å². The first kappa shape index (κ1) is 17.8. The van der Waals surface area contributed by atoms with Gasteiger partial charge in [0.25, 0.3) is 0 Å². The Kier molecular flexibility index (Phi) is 6.36. The molecule has 1 fully saturated rings. The second-order valence-corrected chi connectivity index (χ2v) is 7.59. The summed E-state index contributed by atoms with van der Waals surface area (Å²) >= 11 is 2.04. The molecule has 0 radical (unpaired) electrons. The molecule has 25 heavy (non-hydrogen) atoms. The third kappa shape index (κ3) is 5.80. The summed E-state index contributed by atoms with van der Waals surface area (Å²) in [5.74, 6) is 2.49. The number of nitrogens with two attached hydrogens (primary N) is 1. The maximum Gasteiger partial charge on any atom is 0.228 e. The average Bonchev–Trinajstić information content (AvgIpc) is 2.64. The minimum absolute atomic E-state index is 0.0108. The summed E-state index contributed by atoms with van der Waals surface area (Å²) in [6.07, 6.45) is 1.42. The molecular weight excluding hydrogens is 330 g/mol. The number of rotatable bonds is 6. The van der Waals surface area contributed by atoms with E-state index in [1.807, 2.05) is 48.2 Å². The number of hydrogen-bond donors (Lipinski definition) is 2. The Morgan fingerprint density at radius 1 is 1.00 bits per heavy atom. The van der Waals surface area contributed by atoms with Crippen LogP contribution < -0.4 is 11.1 Å². The second-order valence-electron chi connectivity index (χ2n) is 6.37. The highest BCUT2D eigenvalue weighted by Gasteiger charge is 2.10. The van der Waals surface area contributed by atoms with Gasteiger partial charge >= 0.3 is 0 Å². The lowest BCUT2D eigenvalue weighted by atomic mass is 10.1. The lowest BCUT2D eigenvalue weighted by Gasteiger charge is -2.26. The third-order valence-electron chi connectivity index (χ3n) is 4.40. The molecule has 1 heterocycles. The van der Waals surface area contributed by atoms with E-state index in [1.165, 1.54) is 30.2 Å². The van der Waals surface area contributed by atoms with Crippen molar-refractivity contribution in [3.05, 3.63) is 59.7 Å². The number of carbonyl (C=O) groups is 1. The van der Waals surface area contributed by atoms with E-state index in [4.69, 9.17) is 5.73 Å². The van der Waals surface area contributed by atoms with Crippen LogP contribution in [0.25, 0.3) is 0 Å². The lowest BCUT2D eigenvalue weighted by Crippen LogP contribution is -2.34. The van der Waals surface area contributed by atoms with E-state index < -0.39 is 0 Å². The van der Waals surface area contributed by atoms with Crippen molar-refractivity contribution in [1.29, 1.82) is 0 Å². The molecule has 0 saturated carbocycles. The van der Waals surface area contributed by atoms with Crippen molar-refractivity contribution >= 4 is 29.0 Å². The van der Waals surface area contributed by atoms with Gasteiger partial charge in [0.1, 0.15) is 0 Å². The van der Waals surface area contributed by atoms with Crippen LogP contribution in [-0.2, 0) is 17.6 Å². The van der Waals surface area contributed by atoms with E-state index in [2.05, 4.69) is 22.3 Å². The zero-order valence-electron chi connectivity index (χ0n) is 14.4. The predicted molar refractivity (Wildman–Crippen MR) is 107 cm³/mol. The van der Waals surface area contributed by atoms with Crippen LogP contribution in [0.5, 0.6) is 0 Å². The third-order valence-corrected chi connectivity index (χ3v) is 5.35. The Morgan fingerprint density at radius 2 is 1.64 bits per heavy atom. The number of thioether (sulfide) groups is 1. The zero-order chi connectivity index (χ0) is 17.5. The van der Waals surface area contributed by atoms with Crippen molar-refractivity contribution in [1.82, 2.24) is 4.90 Å². The SMILES string of the molecule is Nc1ccc(CC(=O)Nc2ccc(CCN3CCSCC3)cc2)cc1. The van der Waals surface area contributed by atoms with Crippen molar-refractivity contribution in [2.75, 3.05) is 42.2 Å². The molecule has 0 atom stereocenters. The first-order valence-electron chi connectivity index (χ1n) is 8.72. The van der Waals surface area contributed by atoms with E-state index in [1.54, 1.807) is 0 Å². The van der Waals surface area contributed by atoms with Gasteiger partial charge in [-0.2, -0.15) is 11.8 Å². The standard InChI is InChI=1S/C20H25N3OS/c21-18-5-1-17(2-6-18)15-20(24)22-19-7-3-16(4-8-19)9-10-23-11-13-25-14-12-23/h1-8H,9-15,21H2,(H,22,24). The van der Waals surface area contributed by atoms with Gasteiger partial charge in [0.15, 0.2) is 0 Å². The predicted octanol–water partition coefficient (Wildman–Crippen LogP) is 3.04. The Labute approximate surface area is 153 Å². The van der Waals surface area contributed by atoms with Crippen molar-refractivity contribution in [3.63, 3.8) is 0 Å². The molecule has 3 rings (SSSR count). The van der Waals surface area contributed by atoms with Crippen LogP contribution in [0.4, 0.5) is 11.4 Å². The summed E-state index contributed by atoms with van der Waals surface area (Å²) in [6, 6.07) is 15.6. The summed E-state index contributed by atoms with van der Waals surface area (Å²) < 4.78 is 0. The number of anilines is 2. The monoisotopic (exact) mass is 355 g/mol. The lowest BCUT2D eigenvalue weighted by molar-refractivity contribution is -0.115. The highest BCUT2D eigenvalue weighted by Crippen LogP contribution is 2.14. The zero-order valence-corrected chi connectivity index (χ0v) is 15.2. The van der Waals surface area contributed by atoms with Crippen molar-refractivity contribution in [3.8, 4) is 0 Å². The Morgan fingerprint density at radius 3 is 2.32 bits per heavy atom. The molecule has 2 aromatic rings. The van der Waals surface area contributed by atoms with Crippen LogP contribution >= 0.6 is 11.8 Å². The number of hydrogen-bond acceptors (Lipinski definition) is 4. The average molecular weight is 356 g/mol. The molecule has 1 aliphatic heterocycles. The van der Waals surface area contributed by atoms with E-state index in [9.17, 15) is 4.79 Å². The fraction of sp³-hybridized carbons (Fsp3) is 0.350. The quantitative estimate of drug-likeness (QED) is 0.782. The highest BCUT2D eigenvalue weighted by molar-refractivity contribution is 7.99. The molecule has 1 amide bonds. The fourth-order valence-corrected chi connectivity index (χ4v) is 3.87. The van der Waals surface area contributed by atoms with Gasteiger partial charge in [0.05, 0.1) is 6.42 Å². The molecule has 0 aromatic heterocycles. The Hall–Kier alpha value is -1.98. The number of nitrogens with zero attached hydrogens (tertiary/aromatic N) is 1. The Balaban J connectivity index is 1.46. The fourth-order valence-electron chi connectivity index (χ4n) is 2.89. The summed E-state index contributed by atoms with van der Waals surface area (Å²) in [6.45, 7) is 3.51. The van der Waals surface area contributed by atoms with Gasteiger partial charge in [0, 0.05) is 42.5 Å². The molecule has 0 spiro atoms. The number of amides is 1. The number of benzene rings is 2. The number of nitrogens with one attached hydrogen (secondary N) is 1. The first-order chi connectivity index (χ1) is 12.2. The molecule has 0 unspecified atom stereocenters. The first-order valence-corrected chi connectivity index (χ1v) is 9.88. The normalized spacial score (nSPS) is 15.0. The molecule has 2 aromatic carbocycles. The van der Waals surface area contributed by atoms with Gasteiger partial charge in [-0.15, -0.1) is 0 Å². The van der Waals surface area contributed by atoms with E-state index in [0.29, 0.717) is 12.1 Å². The van der Waals surface area contributed by atoms with Gasteiger partial charge in [-0.25, -0.2) is 0 Å². The number of nitrogen functional groups attached to an aromatic ring is 1. The van der Waals surface area contributed by atoms with Gasteiger partial charge in [-0.05, 0) is 41.8 Å². The van der Waals surface area contributed by atoms with Gasteiger partial charge in [-0.3, -0.25) is 4.79 Å². The maximum absolute atomic E-state index is 12.1. The maximum atomic E-state index is 12.1.